The number of ether oxygens (including phenoxy) is 1. The molecule has 0 amide bonds. The topological polar surface area (TPSA) is 42.4 Å². The zero-order valence-electron chi connectivity index (χ0n) is 9.44. The van der Waals surface area contributed by atoms with Gasteiger partial charge in [-0.1, -0.05) is 23.7 Å². The highest BCUT2D eigenvalue weighted by molar-refractivity contribution is 6.30. The summed E-state index contributed by atoms with van der Waals surface area (Å²) in [5.74, 6) is -0.761. The van der Waals surface area contributed by atoms with Crippen LogP contribution in [0.3, 0.4) is 0 Å². The molecule has 0 aliphatic heterocycles. The SMILES string of the molecule is OCc1ccnc(OCc2cccc(Cl)c2)c1F. The lowest BCUT2D eigenvalue weighted by atomic mass is 10.2. The Balaban J connectivity index is 2.11. The van der Waals surface area contributed by atoms with Crippen LogP contribution in [0.4, 0.5) is 4.39 Å². The van der Waals surface area contributed by atoms with Crippen LogP contribution in [-0.4, -0.2) is 10.1 Å². The molecule has 2 aromatic rings. The van der Waals surface area contributed by atoms with Crippen molar-refractivity contribution < 1.29 is 14.2 Å². The van der Waals surface area contributed by atoms with Gasteiger partial charge in [-0.2, -0.15) is 0 Å². The Morgan fingerprint density at radius 1 is 1.33 bits per heavy atom. The summed E-state index contributed by atoms with van der Waals surface area (Å²) in [7, 11) is 0. The van der Waals surface area contributed by atoms with Crippen LogP contribution in [-0.2, 0) is 13.2 Å². The van der Waals surface area contributed by atoms with E-state index < -0.39 is 5.82 Å². The summed E-state index contributed by atoms with van der Waals surface area (Å²) in [4.78, 5) is 3.78. The predicted octanol–water partition coefficient (Wildman–Crippen LogP) is 2.95. The monoisotopic (exact) mass is 267 g/mol. The Morgan fingerprint density at radius 3 is 2.89 bits per heavy atom. The Bertz CT molecular complexity index is 548. The number of pyridine rings is 1. The molecule has 18 heavy (non-hydrogen) atoms. The molecule has 0 unspecified atom stereocenters. The highest BCUT2D eigenvalue weighted by Crippen LogP contribution is 2.19. The Labute approximate surface area is 109 Å². The first-order valence-electron chi connectivity index (χ1n) is 5.32. The van der Waals surface area contributed by atoms with Gasteiger partial charge in [0, 0.05) is 16.8 Å². The van der Waals surface area contributed by atoms with Gasteiger partial charge in [-0.05, 0) is 23.8 Å². The smallest absolute Gasteiger partial charge is 0.251 e. The van der Waals surface area contributed by atoms with Crippen LogP contribution in [0, 0.1) is 5.82 Å². The molecule has 0 radical (unpaired) electrons. The standard InChI is InChI=1S/C13H11ClFNO2/c14-11-3-1-2-9(6-11)8-18-13-12(15)10(7-17)4-5-16-13/h1-6,17H,7-8H2. The first-order chi connectivity index (χ1) is 8.70. The quantitative estimate of drug-likeness (QED) is 0.926. The Morgan fingerprint density at radius 2 is 2.17 bits per heavy atom. The minimum absolute atomic E-state index is 0.124. The van der Waals surface area contributed by atoms with Gasteiger partial charge in [0.05, 0.1) is 6.61 Å². The molecule has 0 bridgehead atoms. The van der Waals surface area contributed by atoms with E-state index in [1.165, 1.54) is 12.3 Å². The molecule has 5 heteroatoms. The number of halogens is 2. The lowest BCUT2D eigenvalue weighted by Crippen LogP contribution is -2.02. The number of hydrogen-bond donors (Lipinski definition) is 1. The summed E-state index contributed by atoms with van der Waals surface area (Å²) in [5, 5.41) is 9.52. The fourth-order valence-electron chi connectivity index (χ4n) is 1.46. The van der Waals surface area contributed by atoms with Crippen LogP contribution < -0.4 is 4.74 Å². The summed E-state index contributed by atoms with van der Waals surface area (Å²) in [6.07, 6.45) is 1.39. The van der Waals surface area contributed by atoms with Gasteiger partial charge >= 0.3 is 0 Å². The Kier molecular flexibility index (Phi) is 4.12. The summed E-state index contributed by atoms with van der Waals surface area (Å²) in [6.45, 7) is -0.221. The number of aliphatic hydroxyl groups is 1. The van der Waals surface area contributed by atoms with Crippen molar-refractivity contribution in [2.75, 3.05) is 0 Å². The molecule has 94 valence electrons. The van der Waals surface area contributed by atoms with Gasteiger partial charge in [-0.25, -0.2) is 9.37 Å². The van der Waals surface area contributed by atoms with E-state index >= 15 is 0 Å². The fraction of sp³-hybridized carbons (Fsp3) is 0.154. The van der Waals surface area contributed by atoms with Gasteiger partial charge in [0.2, 0.25) is 0 Å². The molecule has 0 fully saturated rings. The van der Waals surface area contributed by atoms with Gasteiger partial charge in [0.25, 0.3) is 5.88 Å². The summed E-state index contributed by atoms with van der Waals surface area (Å²) >= 11 is 5.83. The van der Waals surface area contributed by atoms with Crippen molar-refractivity contribution in [3.05, 3.63) is 58.5 Å². The maximum atomic E-state index is 13.7. The third-order valence-corrected chi connectivity index (χ3v) is 2.61. The molecular weight excluding hydrogens is 257 g/mol. The minimum Gasteiger partial charge on any atom is -0.471 e. The third kappa shape index (κ3) is 2.97. The number of nitrogens with zero attached hydrogens (tertiary/aromatic N) is 1. The first-order valence-corrected chi connectivity index (χ1v) is 5.70. The largest absolute Gasteiger partial charge is 0.471 e. The van der Waals surface area contributed by atoms with Crippen LogP contribution in [0.15, 0.2) is 36.5 Å². The summed E-state index contributed by atoms with van der Waals surface area (Å²) in [6, 6.07) is 8.49. The number of aliphatic hydroxyl groups excluding tert-OH is 1. The van der Waals surface area contributed by atoms with E-state index in [9.17, 15) is 4.39 Å². The van der Waals surface area contributed by atoms with E-state index in [1.807, 2.05) is 6.07 Å². The maximum absolute atomic E-state index is 13.7. The van der Waals surface area contributed by atoms with Gasteiger partial charge in [-0.3, -0.25) is 0 Å². The van der Waals surface area contributed by atoms with E-state index in [2.05, 4.69) is 4.98 Å². The van der Waals surface area contributed by atoms with E-state index in [0.717, 1.165) is 5.56 Å². The molecule has 2 rings (SSSR count). The summed E-state index contributed by atoms with van der Waals surface area (Å²) < 4.78 is 18.9. The van der Waals surface area contributed by atoms with Crippen molar-refractivity contribution in [3.63, 3.8) is 0 Å². The summed E-state index contributed by atoms with van der Waals surface area (Å²) in [5.41, 5.74) is 0.976. The highest BCUT2D eigenvalue weighted by Gasteiger charge is 2.10. The van der Waals surface area contributed by atoms with Crippen molar-refractivity contribution in [3.8, 4) is 5.88 Å². The lowest BCUT2D eigenvalue weighted by Gasteiger charge is -2.08. The Hall–Kier alpha value is -1.65. The second-order valence-corrected chi connectivity index (χ2v) is 4.10. The molecule has 0 atom stereocenters. The molecular formula is C13H11ClFNO2. The van der Waals surface area contributed by atoms with Gasteiger partial charge < -0.3 is 9.84 Å². The van der Waals surface area contributed by atoms with Gasteiger partial charge in [0.15, 0.2) is 5.82 Å². The van der Waals surface area contributed by atoms with Crippen molar-refractivity contribution in [2.24, 2.45) is 0 Å². The molecule has 0 saturated carbocycles. The lowest BCUT2D eigenvalue weighted by molar-refractivity contribution is 0.256. The highest BCUT2D eigenvalue weighted by atomic mass is 35.5. The van der Waals surface area contributed by atoms with Crippen LogP contribution in [0.1, 0.15) is 11.1 Å². The molecule has 0 aliphatic carbocycles. The number of benzene rings is 1. The molecule has 1 N–H and O–H groups in total. The van der Waals surface area contributed by atoms with Crippen molar-refractivity contribution in [1.82, 2.24) is 4.98 Å². The van der Waals surface area contributed by atoms with Crippen LogP contribution in [0.5, 0.6) is 5.88 Å². The average Bonchev–Trinajstić information content (AvgIpc) is 2.38. The second-order valence-electron chi connectivity index (χ2n) is 3.67. The minimum atomic E-state index is -0.637. The molecule has 3 nitrogen and oxygen atoms in total. The molecule has 0 aliphatic rings. The maximum Gasteiger partial charge on any atom is 0.251 e. The van der Waals surface area contributed by atoms with E-state index in [4.69, 9.17) is 21.4 Å². The van der Waals surface area contributed by atoms with E-state index in [-0.39, 0.29) is 24.7 Å². The number of aromatic nitrogens is 1. The van der Waals surface area contributed by atoms with Crippen molar-refractivity contribution in [1.29, 1.82) is 0 Å². The third-order valence-electron chi connectivity index (χ3n) is 2.37. The first kappa shape index (κ1) is 12.8. The van der Waals surface area contributed by atoms with Gasteiger partial charge in [-0.15, -0.1) is 0 Å². The molecule has 1 heterocycles. The van der Waals surface area contributed by atoms with Crippen molar-refractivity contribution in [2.45, 2.75) is 13.2 Å². The number of hydrogen-bond acceptors (Lipinski definition) is 3. The predicted molar refractivity (Wildman–Crippen MR) is 65.9 cm³/mol. The van der Waals surface area contributed by atoms with E-state index in [1.54, 1.807) is 18.2 Å². The van der Waals surface area contributed by atoms with Crippen LogP contribution in [0.2, 0.25) is 5.02 Å². The zero-order valence-corrected chi connectivity index (χ0v) is 10.2. The second kappa shape index (κ2) is 5.80. The van der Waals surface area contributed by atoms with Crippen LogP contribution in [0.25, 0.3) is 0 Å². The van der Waals surface area contributed by atoms with Gasteiger partial charge in [0.1, 0.15) is 6.61 Å². The number of rotatable bonds is 4. The normalized spacial score (nSPS) is 10.4. The molecule has 0 saturated heterocycles. The van der Waals surface area contributed by atoms with E-state index in [0.29, 0.717) is 5.02 Å². The van der Waals surface area contributed by atoms with Crippen LogP contribution >= 0.6 is 11.6 Å². The van der Waals surface area contributed by atoms with Crippen molar-refractivity contribution >= 4 is 11.6 Å². The average molecular weight is 268 g/mol. The molecule has 1 aromatic heterocycles. The fourth-order valence-corrected chi connectivity index (χ4v) is 1.68. The molecule has 1 aromatic carbocycles. The zero-order chi connectivity index (χ0) is 13.0. The molecule has 0 spiro atoms.